The van der Waals surface area contributed by atoms with Crippen molar-refractivity contribution in [3.63, 3.8) is 0 Å². The number of amides is 1. The number of anilines is 1. The van der Waals surface area contributed by atoms with E-state index in [0.29, 0.717) is 16.4 Å². The molecule has 9 heteroatoms. The number of rotatable bonds is 7. The first kappa shape index (κ1) is 19.4. The van der Waals surface area contributed by atoms with Crippen LogP contribution in [0.5, 0.6) is 5.75 Å². The monoisotopic (exact) mass is 401 g/mol. The van der Waals surface area contributed by atoms with Crippen LogP contribution in [0.15, 0.2) is 47.8 Å². The third-order valence-electron chi connectivity index (χ3n) is 3.75. The van der Waals surface area contributed by atoms with E-state index in [9.17, 15) is 19.3 Å². The molecule has 144 valence electrons. The Morgan fingerprint density at radius 3 is 2.71 bits per heavy atom. The van der Waals surface area contributed by atoms with Crippen LogP contribution in [0.2, 0.25) is 0 Å². The number of ether oxygens (including phenoxy) is 1. The van der Waals surface area contributed by atoms with Crippen LogP contribution in [-0.4, -0.2) is 15.8 Å². The van der Waals surface area contributed by atoms with E-state index in [4.69, 9.17) is 4.74 Å². The number of aromatic nitrogens is 1. The molecule has 1 amide bonds. The number of halogens is 1. The van der Waals surface area contributed by atoms with E-state index in [1.807, 2.05) is 31.2 Å². The molecule has 0 aliphatic rings. The van der Waals surface area contributed by atoms with Gasteiger partial charge in [0.2, 0.25) is 5.91 Å². The topological polar surface area (TPSA) is 94.4 Å². The van der Waals surface area contributed by atoms with E-state index >= 15 is 0 Å². The number of nitrogens with one attached hydrogen (secondary N) is 1. The number of thiazole rings is 1. The molecule has 0 radical (unpaired) electrons. The molecular weight excluding hydrogens is 385 g/mol. The lowest BCUT2D eigenvalue weighted by atomic mass is 10.2. The van der Waals surface area contributed by atoms with Gasteiger partial charge in [-0.25, -0.2) is 9.37 Å². The number of carbonyl (C=O) groups is 1. The molecule has 1 heterocycles. The Hall–Kier alpha value is -3.33. The van der Waals surface area contributed by atoms with Crippen LogP contribution in [-0.2, 0) is 17.8 Å². The van der Waals surface area contributed by atoms with Crippen molar-refractivity contribution in [1.82, 2.24) is 4.98 Å². The number of aryl methyl sites for hydroxylation is 1. The Morgan fingerprint density at radius 1 is 1.29 bits per heavy atom. The van der Waals surface area contributed by atoms with Gasteiger partial charge in [0.1, 0.15) is 11.6 Å². The Kier molecular flexibility index (Phi) is 5.95. The van der Waals surface area contributed by atoms with Gasteiger partial charge in [-0.05, 0) is 25.1 Å². The summed E-state index contributed by atoms with van der Waals surface area (Å²) in [7, 11) is 0. The molecule has 3 rings (SSSR count). The number of hydrogen-bond donors (Lipinski definition) is 1. The number of carbonyl (C=O) groups excluding carboxylic acids is 1. The molecular formula is C19H16FN3O4S. The Morgan fingerprint density at radius 2 is 2.04 bits per heavy atom. The second-order valence-electron chi connectivity index (χ2n) is 5.98. The molecule has 0 atom stereocenters. The zero-order valence-electron chi connectivity index (χ0n) is 14.8. The Bertz CT molecular complexity index is 1000. The molecule has 0 saturated heterocycles. The largest absolute Gasteiger partial charge is 0.484 e. The molecule has 28 heavy (non-hydrogen) atoms. The maximum absolute atomic E-state index is 13.8. The molecule has 1 N–H and O–H groups in total. The van der Waals surface area contributed by atoms with E-state index in [0.717, 1.165) is 11.6 Å². The molecule has 0 saturated carbocycles. The van der Waals surface area contributed by atoms with E-state index < -0.39 is 10.7 Å². The lowest BCUT2D eigenvalue weighted by Gasteiger charge is -2.05. The van der Waals surface area contributed by atoms with E-state index in [1.54, 1.807) is 5.38 Å². The molecule has 7 nitrogen and oxygen atoms in total. The predicted octanol–water partition coefficient (Wildman–Crippen LogP) is 4.26. The van der Waals surface area contributed by atoms with E-state index in [2.05, 4.69) is 10.3 Å². The minimum atomic E-state index is -0.817. The first-order valence-corrected chi connectivity index (χ1v) is 9.15. The zero-order valence-corrected chi connectivity index (χ0v) is 15.7. The summed E-state index contributed by atoms with van der Waals surface area (Å²) in [5.41, 5.74) is 2.01. The summed E-state index contributed by atoms with van der Waals surface area (Å²) in [5, 5.41) is 15.7. The average molecular weight is 401 g/mol. The van der Waals surface area contributed by atoms with Crippen LogP contribution in [0.3, 0.4) is 0 Å². The van der Waals surface area contributed by atoms with Crippen LogP contribution in [0.4, 0.5) is 15.8 Å². The van der Waals surface area contributed by atoms with Gasteiger partial charge in [0.15, 0.2) is 11.6 Å². The van der Waals surface area contributed by atoms with Crippen LogP contribution >= 0.6 is 11.3 Å². The quantitative estimate of drug-likeness (QED) is 0.472. The van der Waals surface area contributed by atoms with Gasteiger partial charge in [-0.2, -0.15) is 0 Å². The standard InChI is InChI=1S/C19H16FN3O4S/c1-12-2-4-13(5-3-12)21-18(24)9-19-22-14(11-28-19)10-27-17-7-6-15(23(25)26)8-16(17)20/h2-8,11H,9-10H2,1H3,(H,21,24). The molecule has 1 aromatic heterocycles. The first-order chi connectivity index (χ1) is 13.4. The Labute approximate surface area is 164 Å². The van der Waals surface area contributed by atoms with Gasteiger partial charge in [-0.15, -0.1) is 11.3 Å². The lowest BCUT2D eigenvalue weighted by molar-refractivity contribution is -0.385. The number of nitro benzene ring substituents is 1. The predicted molar refractivity (Wildman–Crippen MR) is 103 cm³/mol. The van der Waals surface area contributed by atoms with Crippen LogP contribution < -0.4 is 10.1 Å². The van der Waals surface area contributed by atoms with Gasteiger partial charge in [-0.1, -0.05) is 17.7 Å². The summed E-state index contributed by atoms with van der Waals surface area (Å²) in [6.07, 6.45) is 0.116. The number of non-ortho nitro benzene ring substituents is 1. The normalized spacial score (nSPS) is 10.5. The fourth-order valence-corrected chi connectivity index (χ4v) is 3.13. The summed E-state index contributed by atoms with van der Waals surface area (Å²) in [4.78, 5) is 26.3. The van der Waals surface area contributed by atoms with Crippen LogP contribution in [0.1, 0.15) is 16.3 Å². The summed E-state index contributed by atoms with van der Waals surface area (Å²) >= 11 is 1.30. The molecule has 0 fully saturated rings. The number of benzene rings is 2. The zero-order chi connectivity index (χ0) is 20.1. The van der Waals surface area contributed by atoms with Crippen molar-refractivity contribution in [3.05, 3.63) is 80.0 Å². The molecule has 0 spiro atoms. The van der Waals surface area contributed by atoms with E-state index in [-0.39, 0.29) is 30.4 Å². The van der Waals surface area contributed by atoms with Crippen molar-refractivity contribution in [2.45, 2.75) is 20.0 Å². The van der Waals surface area contributed by atoms with Gasteiger partial charge in [0, 0.05) is 17.1 Å². The smallest absolute Gasteiger partial charge is 0.272 e. The third kappa shape index (κ3) is 5.10. The maximum atomic E-state index is 13.8. The van der Waals surface area contributed by atoms with Crippen molar-refractivity contribution < 1.29 is 18.8 Å². The molecule has 3 aromatic rings. The second kappa shape index (κ2) is 8.57. The molecule has 2 aromatic carbocycles. The van der Waals surface area contributed by atoms with Crippen LogP contribution in [0.25, 0.3) is 0 Å². The van der Waals surface area contributed by atoms with Gasteiger partial charge in [0.25, 0.3) is 5.69 Å². The molecule has 0 aliphatic heterocycles. The fourth-order valence-electron chi connectivity index (χ4n) is 2.35. The van der Waals surface area contributed by atoms with Crippen LogP contribution in [0, 0.1) is 22.9 Å². The maximum Gasteiger partial charge on any atom is 0.272 e. The lowest BCUT2D eigenvalue weighted by Crippen LogP contribution is -2.14. The van der Waals surface area contributed by atoms with E-state index in [1.165, 1.54) is 23.5 Å². The van der Waals surface area contributed by atoms with Crippen molar-refractivity contribution >= 4 is 28.6 Å². The van der Waals surface area contributed by atoms with Gasteiger partial charge >= 0.3 is 0 Å². The van der Waals surface area contributed by atoms with Crippen molar-refractivity contribution in [3.8, 4) is 5.75 Å². The Balaban J connectivity index is 1.54. The highest BCUT2D eigenvalue weighted by atomic mass is 32.1. The number of nitrogens with zero attached hydrogens (tertiary/aromatic N) is 2. The molecule has 0 bridgehead atoms. The highest BCUT2D eigenvalue weighted by Crippen LogP contribution is 2.23. The van der Waals surface area contributed by atoms with Gasteiger partial charge < -0.3 is 10.1 Å². The fraction of sp³-hybridized carbons (Fsp3) is 0.158. The van der Waals surface area contributed by atoms with Crippen molar-refractivity contribution in [1.29, 1.82) is 0 Å². The second-order valence-corrected chi connectivity index (χ2v) is 6.93. The minimum absolute atomic E-state index is 0.00911. The minimum Gasteiger partial charge on any atom is -0.484 e. The number of nitro groups is 1. The highest BCUT2D eigenvalue weighted by molar-refractivity contribution is 7.09. The van der Waals surface area contributed by atoms with Gasteiger partial charge in [0.05, 0.1) is 23.1 Å². The first-order valence-electron chi connectivity index (χ1n) is 8.27. The average Bonchev–Trinajstić information content (AvgIpc) is 3.09. The summed E-state index contributed by atoms with van der Waals surface area (Å²) < 4.78 is 19.2. The van der Waals surface area contributed by atoms with Gasteiger partial charge in [-0.3, -0.25) is 14.9 Å². The highest BCUT2D eigenvalue weighted by Gasteiger charge is 2.13. The van der Waals surface area contributed by atoms with Crippen molar-refractivity contribution in [2.75, 3.05) is 5.32 Å². The molecule has 0 aliphatic carbocycles. The van der Waals surface area contributed by atoms with Crippen molar-refractivity contribution in [2.24, 2.45) is 0 Å². The summed E-state index contributed by atoms with van der Waals surface area (Å²) in [6, 6.07) is 10.6. The number of hydrogen-bond acceptors (Lipinski definition) is 6. The molecule has 0 unspecified atom stereocenters. The SMILES string of the molecule is Cc1ccc(NC(=O)Cc2nc(COc3ccc([N+](=O)[O-])cc3F)cs2)cc1. The summed E-state index contributed by atoms with van der Waals surface area (Å²) in [5.74, 6) is -1.11. The summed E-state index contributed by atoms with van der Waals surface area (Å²) in [6.45, 7) is 1.96. The third-order valence-corrected chi connectivity index (χ3v) is 4.65.